The molecular weight excluding hydrogens is 394 g/mol. The van der Waals surface area contributed by atoms with Gasteiger partial charge in [-0.3, -0.25) is 0 Å². The van der Waals surface area contributed by atoms with Gasteiger partial charge in [0.15, 0.2) is 0 Å². The minimum Gasteiger partial charge on any atom is -0.548 e. The molecule has 0 amide bonds. The lowest BCUT2D eigenvalue weighted by Crippen LogP contribution is -2.51. The van der Waals surface area contributed by atoms with E-state index >= 15 is 0 Å². The predicted octanol–water partition coefficient (Wildman–Crippen LogP) is 2.68. The van der Waals surface area contributed by atoms with Gasteiger partial charge in [-0.1, -0.05) is 42.5 Å². The molecule has 5 nitrogen and oxygen atoms in total. The Labute approximate surface area is 167 Å². The molecule has 0 aliphatic heterocycles. The summed E-state index contributed by atoms with van der Waals surface area (Å²) >= 11 is 1.59. The third-order valence-corrected chi connectivity index (χ3v) is 7.65. The monoisotopic (exact) mass is 412 g/mol. The Hall–Kier alpha value is -2.48. The van der Waals surface area contributed by atoms with Crippen molar-refractivity contribution in [2.24, 2.45) is 0 Å². The summed E-state index contributed by atoms with van der Waals surface area (Å²) in [4.78, 5) is 12.9. The number of rotatable bonds is 6. The molecule has 0 saturated heterocycles. The highest BCUT2D eigenvalue weighted by atomic mass is 32.2. The van der Waals surface area contributed by atoms with Gasteiger partial charge in [0.1, 0.15) is 0 Å². The number of carbonyl (C=O) groups is 1. The largest absolute Gasteiger partial charge is 0.548 e. The van der Waals surface area contributed by atoms with Crippen LogP contribution >= 0.6 is 11.3 Å². The first-order valence-electron chi connectivity index (χ1n) is 8.78. The normalized spacial score (nSPS) is 21.4. The van der Waals surface area contributed by atoms with E-state index in [0.29, 0.717) is 0 Å². The van der Waals surface area contributed by atoms with Crippen LogP contribution in [-0.4, -0.2) is 19.9 Å². The average Bonchev–Trinajstić information content (AvgIpc) is 3.24. The van der Waals surface area contributed by atoms with Crippen molar-refractivity contribution in [1.82, 2.24) is 4.72 Å². The Balaban J connectivity index is 1.59. The number of thiophene rings is 1. The van der Waals surface area contributed by atoms with E-state index in [1.807, 2.05) is 24.4 Å². The van der Waals surface area contributed by atoms with E-state index in [4.69, 9.17) is 0 Å². The summed E-state index contributed by atoms with van der Waals surface area (Å²) in [6.07, 6.45) is 0.172. The van der Waals surface area contributed by atoms with Crippen molar-refractivity contribution in [1.29, 1.82) is 0 Å². The number of aryl methyl sites for hydroxylation is 1. The van der Waals surface area contributed by atoms with Crippen LogP contribution < -0.4 is 9.83 Å². The highest BCUT2D eigenvalue weighted by molar-refractivity contribution is 7.89. The molecule has 0 bridgehead atoms. The Kier molecular flexibility index (Phi) is 4.61. The zero-order valence-electron chi connectivity index (χ0n) is 15.1. The number of benzene rings is 2. The highest BCUT2D eigenvalue weighted by Gasteiger charge is 2.58. The second kappa shape index (κ2) is 6.84. The van der Waals surface area contributed by atoms with E-state index < -0.39 is 27.4 Å². The molecule has 2 atom stereocenters. The van der Waals surface area contributed by atoms with Crippen LogP contribution in [0.3, 0.4) is 0 Å². The van der Waals surface area contributed by atoms with Crippen molar-refractivity contribution in [2.75, 3.05) is 0 Å². The van der Waals surface area contributed by atoms with E-state index in [1.54, 1.807) is 47.7 Å². The Bertz CT molecular complexity index is 1120. The van der Waals surface area contributed by atoms with Crippen molar-refractivity contribution in [3.8, 4) is 10.4 Å². The van der Waals surface area contributed by atoms with Crippen molar-refractivity contribution in [3.05, 3.63) is 77.2 Å². The van der Waals surface area contributed by atoms with Gasteiger partial charge < -0.3 is 9.90 Å². The summed E-state index contributed by atoms with van der Waals surface area (Å²) in [6, 6.07) is 17.5. The van der Waals surface area contributed by atoms with E-state index in [9.17, 15) is 18.3 Å². The van der Waals surface area contributed by atoms with Crippen molar-refractivity contribution in [2.45, 2.75) is 29.7 Å². The Morgan fingerprint density at radius 2 is 1.82 bits per heavy atom. The molecule has 4 rings (SSSR count). The average molecular weight is 413 g/mol. The molecule has 28 heavy (non-hydrogen) atoms. The zero-order valence-corrected chi connectivity index (χ0v) is 16.7. The van der Waals surface area contributed by atoms with Crippen LogP contribution in [0.1, 0.15) is 23.5 Å². The van der Waals surface area contributed by atoms with Gasteiger partial charge in [0.05, 0.1) is 16.4 Å². The summed E-state index contributed by atoms with van der Waals surface area (Å²) in [6.45, 7) is 2.00. The van der Waals surface area contributed by atoms with Gasteiger partial charge in [-0.2, -0.15) is 4.72 Å². The molecule has 2 unspecified atom stereocenters. The van der Waals surface area contributed by atoms with Gasteiger partial charge in [-0.15, -0.1) is 11.3 Å². The van der Waals surface area contributed by atoms with E-state index in [2.05, 4.69) is 4.72 Å². The maximum absolute atomic E-state index is 12.8. The molecule has 1 N–H and O–H groups in total. The smallest absolute Gasteiger partial charge is 0.241 e. The van der Waals surface area contributed by atoms with Crippen LogP contribution in [0, 0.1) is 6.92 Å². The van der Waals surface area contributed by atoms with Crippen molar-refractivity contribution in [3.63, 3.8) is 0 Å². The molecule has 1 aliphatic carbocycles. The quantitative estimate of drug-likeness (QED) is 0.674. The number of sulfonamides is 1. The maximum atomic E-state index is 12.8. The molecule has 1 saturated carbocycles. The minimum absolute atomic E-state index is 0.0314. The number of carbonyl (C=O) groups excluding carboxylic acids is 1. The SMILES string of the molecule is Cc1csc(-c2ccc(S(=O)(=O)NC3(C(=O)[O-])CC3c3ccccc3)cc2)c1. The summed E-state index contributed by atoms with van der Waals surface area (Å²) in [5.74, 6) is -1.85. The Morgan fingerprint density at radius 1 is 1.14 bits per heavy atom. The van der Waals surface area contributed by atoms with Gasteiger partial charge in [0, 0.05) is 10.8 Å². The summed E-state index contributed by atoms with van der Waals surface area (Å²) < 4.78 is 28.0. The van der Waals surface area contributed by atoms with Crippen molar-refractivity contribution >= 4 is 27.3 Å². The number of nitrogens with one attached hydrogen (secondary N) is 1. The first-order chi connectivity index (χ1) is 13.3. The topological polar surface area (TPSA) is 86.3 Å². The molecule has 0 radical (unpaired) electrons. The van der Waals surface area contributed by atoms with Crippen LogP contribution in [-0.2, 0) is 14.8 Å². The number of aliphatic carboxylic acids is 1. The second-order valence-electron chi connectivity index (χ2n) is 7.04. The standard InChI is InChI=1S/C21H19NO4S2/c1-14-11-19(27-13-14)16-7-9-17(10-8-16)28(25,26)22-21(20(23)24)12-18(21)15-5-3-2-4-6-15/h2-11,13,18,22H,12H2,1H3,(H,23,24)/p-1. The van der Waals surface area contributed by atoms with Gasteiger partial charge in [-0.25, -0.2) is 8.42 Å². The van der Waals surface area contributed by atoms with E-state index in [1.165, 1.54) is 12.1 Å². The molecule has 1 aliphatic rings. The third-order valence-electron chi connectivity index (χ3n) is 5.02. The number of hydrogen-bond donors (Lipinski definition) is 1. The maximum Gasteiger partial charge on any atom is 0.241 e. The first-order valence-corrected chi connectivity index (χ1v) is 11.1. The lowest BCUT2D eigenvalue weighted by molar-refractivity contribution is -0.309. The van der Waals surface area contributed by atoms with Gasteiger partial charge in [-0.05, 0) is 53.6 Å². The summed E-state index contributed by atoms with van der Waals surface area (Å²) in [5.41, 5.74) is 1.23. The van der Waals surface area contributed by atoms with Crippen LogP contribution in [0.5, 0.6) is 0 Å². The molecular formula is C21H18NO4S2-. The fourth-order valence-electron chi connectivity index (χ4n) is 3.41. The van der Waals surface area contributed by atoms with E-state index in [0.717, 1.165) is 21.6 Å². The molecule has 2 aromatic carbocycles. The zero-order chi connectivity index (χ0) is 19.9. The van der Waals surface area contributed by atoms with Gasteiger partial charge >= 0.3 is 0 Å². The molecule has 1 fully saturated rings. The first kappa shape index (κ1) is 18.9. The summed E-state index contributed by atoms with van der Waals surface area (Å²) in [7, 11) is -4.00. The van der Waals surface area contributed by atoms with Gasteiger partial charge in [0.25, 0.3) is 0 Å². The summed E-state index contributed by atoms with van der Waals surface area (Å²) in [5, 5.41) is 13.8. The number of hydrogen-bond acceptors (Lipinski definition) is 5. The van der Waals surface area contributed by atoms with Gasteiger partial charge in [0.2, 0.25) is 10.0 Å². The van der Waals surface area contributed by atoms with Crippen molar-refractivity contribution < 1.29 is 18.3 Å². The second-order valence-corrected chi connectivity index (χ2v) is 9.64. The molecule has 144 valence electrons. The van der Waals surface area contributed by atoms with Crippen LogP contribution in [0.15, 0.2) is 70.9 Å². The highest BCUT2D eigenvalue weighted by Crippen LogP contribution is 2.51. The third kappa shape index (κ3) is 3.37. The molecule has 3 aromatic rings. The van der Waals surface area contributed by atoms with E-state index in [-0.39, 0.29) is 11.3 Å². The molecule has 1 heterocycles. The predicted molar refractivity (Wildman–Crippen MR) is 106 cm³/mol. The molecule has 0 spiro atoms. The lowest BCUT2D eigenvalue weighted by Gasteiger charge is -2.21. The number of carboxylic acids is 1. The number of carboxylic acid groups (broad SMARTS) is 1. The Morgan fingerprint density at radius 3 is 2.39 bits per heavy atom. The fourth-order valence-corrected chi connectivity index (χ4v) is 5.72. The molecule has 1 aromatic heterocycles. The minimum atomic E-state index is -4.00. The fraction of sp³-hybridized carbons (Fsp3) is 0.190. The van der Waals surface area contributed by atoms with Crippen LogP contribution in [0.4, 0.5) is 0 Å². The van der Waals surface area contributed by atoms with Crippen LogP contribution in [0.25, 0.3) is 10.4 Å². The lowest BCUT2D eigenvalue weighted by atomic mass is 10.1. The molecule has 7 heteroatoms. The van der Waals surface area contributed by atoms with Crippen LogP contribution in [0.2, 0.25) is 0 Å².